The monoisotopic (exact) mass is 503 g/mol. The van der Waals surface area contributed by atoms with Gasteiger partial charge < -0.3 is 14.8 Å². The molecule has 0 spiro atoms. The number of halogens is 3. The van der Waals surface area contributed by atoms with Crippen molar-refractivity contribution in [2.45, 2.75) is 12.5 Å². The fourth-order valence-electron chi connectivity index (χ4n) is 2.33. The number of hydrogen-bond donors (Lipinski definition) is 1. The molecule has 2 rings (SSSR count). The van der Waals surface area contributed by atoms with Crippen LogP contribution in [0.3, 0.4) is 0 Å². The van der Waals surface area contributed by atoms with E-state index in [2.05, 4.69) is 37.2 Å². The molecular weight excluding hydrogens is 489 g/mol. The summed E-state index contributed by atoms with van der Waals surface area (Å²) in [5.74, 6) is -0.394. The predicted octanol–water partition coefficient (Wildman–Crippen LogP) is 4.39. The number of carbonyl (C=O) groups is 2. The van der Waals surface area contributed by atoms with Crippen molar-refractivity contribution in [3.05, 3.63) is 61.5 Å². The second-order valence-corrected chi connectivity index (χ2v) is 7.62. The highest BCUT2D eigenvalue weighted by Gasteiger charge is 2.23. The molecule has 8 heteroatoms. The lowest BCUT2D eigenvalue weighted by atomic mass is 10.0. The molecule has 0 unspecified atom stereocenters. The molecule has 5 nitrogen and oxygen atoms in total. The Bertz CT molecular complexity index is 809. The van der Waals surface area contributed by atoms with Crippen molar-refractivity contribution >= 4 is 55.3 Å². The summed E-state index contributed by atoms with van der Waals surface area (Å²) in [6.45, 7) is 0. The summed E-state index contributed by atoms with van der Waals surface area (Å²) >= 11 is 12.8. The lowest BCUT2D eigenvalue weighted by molar-refractivity contribution is -0.142. The Balaban J connectivity index is 2.20. The van der Waals surface area contributed by atoms with Crippen molar-refractivity contribution in [1.29, 1.82) is 0 Å². The highest BCUT2D eigenvalue weighted by Crippen LogP contribution is 2.25. The Kier molecular flexibility index (Phi) is 7.49. The molecule has 0 aromatic heterocycles. The van der Waals surface area contributed by atoms with E-state index in [1.165, 1.54) is 14.2 Å². The molecule has 0 saturated carbocycles. The summed E-state index contributed by atoms with van der Waals surface area (Å²) in [5.41, 5.74) is 1.18. The zero-order chi connectivity index (χ0) is 19.3. The van der Waals surface area contributed by atoms with E-state index in [1.807, 2.05) is 6.07 Å². The third kappa shape index (κ3) is 5.46. The molecule has 0 heterocycles. The molecule has 0 saturated heterocycles. The van der Waals surface area contributed by atoms with Gasteiger partial charge in [0.2, 0.25) is 0 Å². The third-order valence-electron chi connectivity index (χ3n) is 3.57. The minimum atomic E-state index is -0.852. The van der Waals surface area contributed by atoms with Crippen molar-refractivity contribution in [1.82, 2.24) is 5.32 Å². The molecule has 1 amide bonds. The van der Waals surface area contributed by atoms with Gasteiger partial charge in [0.1, 0.15) is 11.8 Å². The molecule has 2 aromatic carbocycles. The van der Waals surface area contributed by atoms with Crippen LogP contribution in [0.15, 0.2) is 45.3 Å². The summed E-state index contributed by atoms with van der Waals surface area (Å²) < 4.78 is 11.4. The summed E-state index contributed by atoms with van der Waals surface area (Å²) in [6.07, 6.45) is 0.233. The van der Waals surface area contributed by atoms with E-state index in [4.69, 9.17) is 21.1 Å². The van der Waals surface area contributed by atoms with Crippen LogP contribution < -0.4 is 10.1 Å². The van der Waals surface area contributed by atoms with E-state index in [1.54, 1.807) is 30.3 Å². The summed E-state index contributed by atoms with van der Waals surface area (Å²) in [4.78, 5) is 24.6. The van der Waals surface area contributed by atoms with Gasteiger partial charge in [0.05, 0.1) is 19.2 Å². The van der Waals surface area contributed by atoms with Crippen LogP contribution >= 0.6 is 43.5 Å². The van der Waals surface area contributed by atoms with Gasteiger partial charge in [-0.3, -0.25) is 4.79 Å². The SMILES string of the molecule is COC(=O)[C@@H](Cc1ccc(OC)c(Cl)c1)NC(=O)c1cc(Br)cc(Br)c1. The molecule has 0 aliphatic rings. The Labute approximate surface area is 173 Å². The van der Waals surface area contributed by atoms with Crippen LogP contribution in [0.2, 0.25) is 5.02 Å². The van der Waals surface area contributed by atoms with Gasteiger partial charge >= 0.3 is 5.97 Å². The molecule has 0 fully saturated rings. The second kappa shape index (κ2) is 9.39. The number of rotatable bonds is 6. The van der Waals surface area contributed by atoms with Gasteiger partial charge in [-0.05, 0) is 35.9 Å². The highest BCUT2D eigenvalue weighted by atomic mass is 79.9. The van der Waals surface area contributed by atoms with Crippen molar-refractivity contribution in [3.63, 3.8) is 0 Å². The molecule has 26 heavy (non-hydrogen) atoms. The quantitative estimate of drug-likeness (QED) is 0.592. The zero-order valence-corrected chi connectivity index (χ0v) is 17.9. The first kappa shape index (κ1) is 20.7. The molecule has 1 atom stereocenters. The lowest BCUT2D eigenvalue weighted by Crippen LogP contribution is -2.43. The van der Waals surface area contributed by atoms with Gasteiger partial charge in [0.15, 0.2) is 0 Å². The maximum atomic E-state index is 12.5. The minimum Gasteiger partial charge on any atom is -0.495 e. The molecule has 0 bridgehead atoms. The number of carbonyl (C=O) groups excluding carboxylic acids is 2. The zero-order valence-electron chi connectivity index (χ0n) is 14.0. The van der Waals surface area contributed by atoms with Gasteiger partial charge in [-0.15, -0.1) is 0 Å². The average Bonchev–Trinajstić information content (AvgIpc) is 2.59. The van der Waals surface area contributed by atoms with E-state index in [0.29, 0.717) is 16.3 Å². The largest absolute Gasteiger partial charge is 0.495 e. The second-order valence-electron chi connectivity index (χ2n) is 5.38. The summed E-state index contributed by atoms with van der Waals surface area (Å²) in [6, 6.07) is 9.47. The summed E-state index contributed by atoms with van der Waals surface area (Å²) in [5, 5.41) is 3.13. The number of nitrogens with one attached hydrogen (secondary N) is 1. The molecule has 1 N–H and O–H groups in total. The normalized spacial score (nSPS) is 11.6. The van der Waals surface area contributed by atoms with E-state index in [9.17, 15) is 9.59 Å². The Morgan fingerprint density at radius 1 is 1.12 bits per heavy atom. The standard InChI is InChI=1S/C18H16Br2ClNO4/c1-25-16-4-3-10(5-14(16)21)6-15(18(24)26-2)22-17(23)11-7-12(19)9-13(20)8-11/h3-5,7-9,15H,6H2,1-2H3,(H,22,23)/t15-/m1/s1. The van der Waals surface area contributed by atoms with Crippen molar-refractivity contribution in [2.24, 2.45) is 0 Å². The van der Waals surface area contributed by atoms with Gasteiger partial charge in [0, 0.05) is 20.9 Å². The Hall–Kier alpha value is -1.57. The Morgan fingerprint density at radius 3 is 2.31 bits per heavy atom. The molecule has 138 valence electrons. The van der Waals surface area contributed by atoms with Crippen molar-refractivity contribution < 1.29 is 19.1 Å². The van der Waals surface area contributed by atoms with Crippen LogP contribution in [0.25, 0.3) is 0 Å². The van der Waals surface area contributed by atoms with Gasteiger partial charge in [0.25, 0.3) is 5.91 Å². The average molecular weight is 506 g/mol. The van der Waals surface area contributed by atoms with E-state index < -0.39 is 12.0 Å². The highest BCUT2D eigenvalue weighted by molar-refractivity contribution is 9.11. The molecule has 0 radical (unpaired) electrons. The lowest BCUT2D eigenvalue weighted by Gasteiger charge is -2.17. The molecule has 0 aliphatic heterocycles. The summed E-state index contributed by atoms with van der Waals surface area (Å²) in [7, 11) is 2.80. The van der Waals surface area contributed by atoms with Crippen LogP contribution in [0, 0.1) is 0 Å². The first-order valence-electron chi connectivity index (χ1n) is 7.51. The van der Waals surface area contributed by atoms with Gasteiger partial charge in [-0.1, -0.05) is 49.5 Å². The van der Waals surface area contributed by atoms with E-state index >= 15 is 0 Å². The van der Waals surface area contributed by atoms with Gasteiger partial charge in [-0.25, -0.2) is 4.79 Å². The molecule has 2 aromatic rings. The number of hydrogen-bond acceptors (Lipinski definition) is 4. The number of methoxy groups -OCH3 is 2. The number of esters is 1. The van der Waals surface area contributed by atoms with Crippen LogP contribution in [0.5, 0.6) is 5.75 Å². The van der Waals surface area contributed by atoms with Crippen LogP contribution in [-0.2, 0) is 16.0 Å². The fraction of sp³-hybridized carbons (Fsp3) is 0.222. The topological polar surface area (TPSA) is 64.6 Å². The molecular formula is C18H16Br2ClNO4. The fourth-order valence-corrected chi connectivity index (χ4v) is 3.91. The van der Waals surface area contributed by atoms with Crippen LogP contribution in [-0.4, -0.2) is 32.1 Å². The van der Waals surface area contributed by atoms with Crippen molar-refractivity contribution in [2.75, 3.05) is 14.2 Å². The van der Waals surface area contributed by atoms with E-state index in [0.717, 1.165) is 14.5 Å². The van der Waals surface area contributed by atoms with Crippen LogP contribution in [0.4, 0.5) is 0 Å². The predicted molar refractivity (Wildman–Crippen MR) is 107 cm³/mol. The third-order valence-corrected chi connectivity index (χ3v) is 4.78. The smallest absolute Gasteiger partial charge is 0.328 e. The van der Waals surface area contributed by atoms with Gasteiger partial charge in [-0.2, -0.15) is 0 Å². The maximum absolute atomic E-state index is 12.5. The number of amides is 1. The first-order chi connectivity index (χ1) is 12.3. The molecule has 0 aliphatic carbocycles. The van der Waals surface area contributed by atoms with Crippen molar-refractivity contribution in [3.8, 4) is 5.75 Å². The maximum Gasteiger partial charge on any atom is 0.328 e. The minimum absolute atomic E-state index is 0.233. The number of ether oxygens (including phenoxy) is 2. The Morgan fingerprint density at radius 2 is 1.77 bits per heavy atom. The first-order valence-corrected chi connectivity index (χ1v) is 9.47. The van der Waals surface area contributed by atoms with Crippen LogP contribution in [0.1, 0.15) is 15.9 Å². The van der Waals surface area contributed by atoms with E-state index in [-0.39, 0.29) is 12.3 Å². The number of benzene rings is 2.